The van der Waals surface area contributed by atoms with Crippen LogP contribution in [0.15, 0.2) is 61.2 Å². The van der Waals surface area contributed by atoms with Crippen molar-refractivity contribution < 1.29 is 9.53 Å². The molecule has 0 bridgehead atoms. The Morgan fingerprint density at radius 2 is 1.87 bits per heavy atom. The molecule has 5 heterocycles. The Morgan fingerprint density at radius 3 is 2.77 bits per heavy atom. The number of ether oxygens (including phenoxy) is 1. The fourth-order valence-electron chi connectivity index (χ4n) is 4.08. The Morgan fingerprint density at radius 1 is 1.00 bits per heavy atom. The van der Waals surface area contributed by atoms with Crippen molar-refractivity contribution in [2.24, 2.45) is 0 Å². The van der Waals surface area contributed by atoms with E-state index < -0.39 is 0 Å². The van der Waals surface area contributed by atoms with E-state index in [1.807, 2.05) is 29.2 Å². The van der Waals surface area contributed by atoms with Crippen LogP contribution >= 0.6 is 0 Å². The number of aromatic amines is 1. The van der Waals surface area contributed by atoms with Gasteiger partial charge in [0.05, 0.1) is 11.7 Å². The first-order valence-electron chi connectivity index (χ1n) is 12.2. The number of benzene rings is 1. The molecule has 192 valence electrons. The maximum absolute atomic E-state index is 11.8. The number of carbonyl (C=O) groups excluding carboxylic acids is 1. The lowest BCUT2D eigenvalue weighted by atomic mass is 10.1. The number of hydrogen-bond donors (Lipinski definition) is 1. The van der Waals surface area contributed by atoms with Crippen molar-refractivity contribution in [1.29, 1.82) is 0 Å². The summed E-state index contributed by atoms with van der Waals surface area (Å²) in [6.45, 7) is 1.14. The molecule has 5 aromatic rings. The summed E-state index contributed by atoms with van der Waals surface area (Å²) in [6, 6.07) is 11.3. The van der Waals surface area contributed by atoms with Crippen LogP contribution in [0, 0.1) is 11.8 Å². The summed E-state index contributed by atoms with van der Waals surface area (Å²) in [7, 11) is 3.37. The molecule has 1 aliphatic rings. The summed E-state index contributed by atoms with van der Waals surface area (Å²) in [5.74, 6) is 7.57. The molecule has 0 atom stereocenters. The van der Waals surface area contributed by atoms with E-state index in [4.69, 9.17) is 9.72 Å². The van der Waals surface area contributed by atoms with Gasteiger partial charge in [0.1, 0.15) is 11.4 Å². The lowest BCUT2D eigenvalue weighted by molar-refractivity contribution is -0.130. The van der Waals surface area contributed by atoms with E-state index in [1.54, 1.807) is 51.0 Å². The molecule has 0 saturated heterocycles. The molecule has 0 saturated carbocycles. The molecule has 0 fully saturated rings. The average Bonchev–Trinajstić information content (AvgIpc) is 3.61. The molecule has 39 heavy (non-hydrogen) atoms. The number of hydrogen-bond acceptors (Lipinski definition) is 9. The van der Waals surface area contributed by atoms with Crippen LogP contribution in [0.25, 0.3) is 22.4 Å². The largest absolute Gasteiger partial charge is 0.468 e. The highest BCUT2D eigenvalue weighted by molar-refractivity contribution is 5.79. The van der Waals surface area contributed by atoms with E-state index in [0.717, 1.165) is 27.6 Å². The summed E-state index contributed by atoms with van der Waals surface area (Å²) in [4.78, 5) is 37.9. The summed E-state index contributed by atoms with van der Waals surface area (Å²) < 4.78 is 5.56. The second-order valence-corrected chi connectivity index (χ2v) is 9.15. The van der Waals surface area contributed by atoms with Crippen molar-refractivity contribution >= 4 is 22.8 Å². The van der Waals surface area contributed by atoms with Crippen molar-refractivity contribution in [3.8, 4) is 29.2 Å². The predicted molar refractivity (Wildman–Crippen MR) is 143 cm³/mol. The molecule has 1 amide bonds. The highest BCUT2D eigenvalue weighted by Gasteiger charge is 2.23. The molecule has 0 aliphatic carbocycles. The molecular formula is C28H23N9O2. The minimum atomic E-state index is -0.128. The third-order valence-electron chi connectivity index (χ3n) is 6.21. The normalized spacial score (nSPS) is 12.1. The Hall–Kier alpha value is -5.37. The topological polar surface area (TPSA) is 126 Å². The van der Waals surface area contributed by atoms with Crippen molar-refractivity contribution in [1.82, 2.24) is 40.0 Å². The number of fused-ring (bicyclic) bond motifs is 2. The summed E-state index contributed by atoms with van der Waals surface area (Å²) >= 11 is 0. The number of H-pyrrole nitrogens is 1. The average molecular weight is 518 g/mol. The first-order valence-corrected chi connectivity index (χ1v) is 12.2. The number of nitrogens with one attached hydrogen (secondary N) is 1. The number of carbonyl (C=O) groups is 1. The van der Waals surface area contributed by atoms with Crippen LogP contribution in [0.3, 0.4) is 0 Å². The smallest absolute Gasteiger partial charge is 0.260 e. The third kappa shape index (κ3) is 5.21. The van der Waals surface area contributed by atoms with Gasteiger partial charge in [-0.05, 0) is 47.4 Å². The molecule has 1 N–H and O–H groups in total. The predicted octanol–water partition coefficient (Wildman–Crippen LogP) is 2.59. The second kappa shape index (κ2) is 10.2. The zero-order valence-electron chi connectivity index (χ0n) is 21.3. The van der Waals surface area contributed by atoms with Gasteiger partial charge in [-0.25, -0.2) is 24.9 Å². The minimum absolute atomic E-state index is 0.0588. The number of amides is 1. The molecule has 11 nitrogen and oxygen atoms in total. The molecule has 1 aromatic carbocycles. The Balaban J connectivity index is 1.18. The standard InChI is InChI=1S/C28H23N9O2/c1-36(2)26(38)17-39-25-12-20-15-37(16-21(20)13-31-25)28-30-10-8-24(34-28)27-29-9-7-22(33-27)5-3-18-4-6-23-19(11-18)14-32-35-23/h4,6-14H,15-17H2,1-2H3,(H,32,35). The van der Waals surface area contributed by atoms with E-state index >= 15 is 0 Å². The fraction of sp³-hybridized carbons (Fsp3) is 0.179. The molecule has 0 radical (unpaired) electrons. The fourth-order valence-corrected chi connectivity index (χ4v) is 4.08. The second-order valence-electron chi connectivity index (χ2n) is 9.15. The van der Waals surface area contributed by atoms with E-state index in [-0.39, 0.29) is 12.5 Å². The quantitative estimate of drug-likeness (QED) is 0.350. The number of pyridine rings is 1. The van der Waals surface area contributed by atoms with Gasteiger partial charge in [0.25, 0.3) is 5.91 Å². The third-order valence-corrected chi connectivity index (χ3v) is 6.21. The van der Waals surface area contributed by atoms with Gasteiger partial charge in [0.2, 0.25) is 11.8 Å². The number of anilines is 1. The summed E-state index contributed by atoms with van der Waals surface area (Å²) in [6.07, 6.45) is 6.91. The van der Waals surface area contributed by atoms with Crippen molar-refractivity contribution in [3.63, 3.8) is 0 Å². The molecule has 0 spiro atoms. The summed E-state index contributed by atoms with van der Waals surface area (Å²) in [5, 5.41) is 7.98. The van der Waals surface area contributed by atoms with E-state index in [0.29, 0.717) is 42.1 Å². The van der Waals surface area contributed by atoms with Gasteiger partial charge in [-0.1, -0.05) is 5.92 Å². The van der Waals surface area contributed by atoms with E-state index in [9.17, 15) is 4.79 Å². The van der Waals surface area contributed by atoms with Crippen LogP contribution in [0.5, 0.6) is 5.88 Å². The number of nitrogens with zero attached hydrogens (tertiary/aromatic N) is 8. The van der Waals surface area contributed by atoms with Crippen LogP contribution in [0.1, 0.15) is 22.4 Å². The van der Waals surface area contributed by atoms with Crippen molar-refractivity contribution in [2.45, 2.75) is 13.1 Å². The monoisotopic (exact) mass is 517 g/mol. The minimum Gasteiger partial charge on any atom is -0.468 e. The van der Waals surface area contributed by atoms with Gasteiger partial charge in [-0.2, -0.15) is 5.10 Å². The highest BCUT2D eigenvalue weighted by atomic mass is 16.5. The van der Waals surface area contributed by atoms with Crippen LogP contribution in [0.4, 0.5) is 5.95 Å². The van der Waals surface area contributed by atoms with Gasteiger partial charge >= 0.3 is 0 Å². The summed E-state index contributed by atoms with van der Waals surface area (Å²) in [5.41, 5.74) is 5.13. The first kappa shape index (κ1) is 24.0. The number of rotatable bonds is 5. The molecule has 6 rings (SSSR count). The van der Waals surface area contributed by atoms with E-state index in [2.05, 4.69) is 42.0 Å². The van der Waals surface area contributed by atoms with Gasteiger partial charge in [0.15, 0.2) is 12.4 Å². The highest BCUT2D eigenvalue weighted by Crippen LogP contribution is 2.28. The van der Waals surface area contributed by atoms with Gasteiger partial charge < -0.3 is 14.5 Å². The molecular weight excluding hydrogens is 494 g/mol. The number of aromatic nitrogens is 7. The van der Waals surface area contributed by atoms with Gasteiger partial charge in [0, 0.05) is 62.8 Å². The van der Waals surface area contributed by atoms with Crippen molar-refractivity contribution in [3.05, 3.63) is 83.6 Å². The molecule has 11 heteroatoms. The van der Waals surface area contributed by atoms with Crippen molar-refractivity contribution in [2.75, 3.05) is 25.6 Å². The lowest BCUT2D eigenvalue weighted by Gasteiger charge is -2.15. The lowest BCUT2D eigenvalue weighted by Crippen LogP contribution is -2.27. The SMILES string of the molecule is CN(C)C(=O)COc1cc2c(cn1)CN(c1nccc(-c3nccc(C#Cc4ccc5[nH]ncc5c4)n3)n1)C2. The van der Waals surface area contributed by atoms with E-state index in [1.165, 1.54) is 4.90 Å². The molecule has 4 aromatic heterocycles. The number of likely N-dealkylation sites (N-methyl/N-ethyl adjacent to an activating group) is 1. The van der Waals surface area contributed by atoms with Gasteiger partial charge in [-0.3, -0.25) is 9.89 Å². The van der Waals surface area contributed by atoms with Crippen LogP contribution in [0.2, 0.25) is 0 Å². The maximum atomic E-state index is 11.8. The Labute approximate surface area is 223 Å². The first-order chi connectivity index (χ1) is 19.0. The molecule has 1 aliphatic heterocycles. The Kier molecular flexibility index (Phi) is 6.26. The van der Waals surface area contributed by atoms with Gasteiger partial charge in [-0.15, -0.1) is 0 Å². The zero-order chi connectivity index (χ0) is 26.8. The van der Waals surface area contributed by atoms with Crippen LogP contribution in [-0.2, 0) is 17.9 Å². The van der Waals surface area contributed by atoms with Crippen LogP contribution < -0.4 is 9.64 Å². The zero-order valence-corrected chi connectivity index (χ0v) is 21.3. The Bertz CT molecular complexity index is 1750. The maximum Gasteiger partial charge on any atom is 0.260 e. The molecule has 0 unspecified atom stereocenters. The van der Waals surface area contributed by atoms with Crippen LogP contribution in [-0.4, -0.2) is 66.6 Å².